The summed E-state index contributed by atoms with van der Waals surface area (Å²) < 4.78 is 30.4. The van der Waals surface area contributed by atoms with E-state index in [9.17, 15) is 42.0 Å². The lowest BCUT2D eigenvalue weighted by Crippen LogP contribution is -2.43. The van der Waals surface area contributed by atoms with Gasteiger partial charge in [-0.05, 0) is 12.8 Å². The standard InChI is InChI=1S/C22H28N4O10S/c27-16(3-1-10-25-19(30)5-6-20(25)31)13-24(15-18(29)23-9-12-37(34,35)36)14-17(28)4-2-11-26-21(32)7-8-22(26)33/h5-8H,1-4,9-15H2,(H,23,29)(H,34,35,36). The van der Waals surface area contributed by atoms with E-state index in [1.54, 1.807) is 0 Å². The Morgan fingerprint density at radius 3 is 1.54 bits per heavy atom. The first-order valence-corrected chi connectivity index (χ1v) is 13.0. The Hall–Kier alpha value is -3.56. The van der Waals surface area contributed by atoms with Crippen LogP contribution >= 0.6 is 0 Å². The van der Waals surface area contributed by atoms with Crippen molar-refractivity contribution in [2.45, 2.75) is 25.7 Å². The number of Topliss-reactive ketones (excluding diaryl/α,β-unsaturated/α-hetero) is 2. The summed E-state index contributed by atoms with van der Waals surface area (Å²) in [4.78, 5) is 86.7. The van der Waals surface area contributed by atoms with Crippen molar-refractivity contribution in [1.82, 2.24) is 20.0 Å². The molecule has 0 radical (unpaired) electrons. The minimum Gasteiger partial charge on any atom is -0.354 e. The fraction of sp³-hybridized carbons (Fsp3) is 0.500. The fourth-order valence-corrected chi connectivity index (χ4v) is 3.93. The van der Waals surface area contributed by atoms with E-state index in [1.165, 1.54) is 4.90 Å². The van der Waals surface area contributed by atoms with E-state index < -0.39 is 52.0 Å². The molecular formula is C22H28N4O10S. The van der Waals surface area contributed by atoms with Crippen LogP contribution in [-0.4, -0.2) is 114 Å². The van der Waals surface area contributed by atoms with Crippen molar-refractivity contribution in [2.75, 3.05) is 45.0 Å². The van der Waals surface area contributed by atoms with E-state index in [2.05, 4.69) is 5.32 Å². The molecule has 2 aliphatic rings. The second kappa shape index (κ2) is 13.7. The van der Waals surface area contributed by atoms with E-state index in [0.717, 1.165) is 34.1 Å². The number of rotatable bonds is 17. The maximum absolute atomic E-state index is 12.5. The summed E-state index contributed by atoms with van der Waals surface area (Å²) in [5, 5.41) is 2.28. The fourth-order valence-electron chi connectivity index (χ4n) is 3.57. The van der Waals surface area contributed by atoms with Crippen LogP contribution in [0.4, 0.5) is 0 Å². The van der Waals surface area contributed by atoms with Gasteiger partial charge in [-0.1, -0.05) is 0 Å². The average Bonchev–Trinajstić information content (AvgIpc) is 3.28. The molecule has 0 bridgehead atoms. The van der Waals surface area contributed by atoms with E-state index >= 15 is 0 Å². The van der Waals surface area contributed by atoms with Crippen molar-refractivity contribution >= 4 is 51.2 Å². The molecule has 0 aromatic carbocycles. The number of carbonyl (C=O) groups is 7. The predicted octanol–water partition coefficient (Wildman–Crippen LogP) is -2.16. The molecule has 2 N–H and O–H groups in total. The first-order valence-electron chi connectivity index (χ1n) is 11.4. The minimum atomic E-state index is -4.29. The summed E-state index contributed by atoms with van der Waals surface area (Å²) in [5.74, 6) is -3.99. The average molecular weight is 541 g/mol. The molecule has 2 heterocycles. The van der Waals surface area contributed by atoms with E-state index in [0.29, 0.717) is 0 Å². The molecule has 0 fully saturated rings. The summed E-state index contributed by atoms with van der Waals surface area (Å²) in [6.07, 6.45) is 4.83. The predicted molar refractivity (Wildman–Crippen MR) is 126 cm³/mol. The number of nitrogens with one attached hydrogen (secondary N) is 1. The van der Waals surface area contributed by atoms with Gasteiger partial charge >= 0.3 is 0 Å². The van der Waals surface area contributed by atoms with Crippen LogP contribution in [0.5, 0.6) is 0 Å². The Morgan fingerprint density at radius 2 is 1.16 bits per heavy atom. The molecule has 2 rings (SSSR count). The Balaban J connectivity index is 1.85. The molecule has 0 atom stereocenters. The van der Waals surface area contributed by atoms with Crippen LogP contribution in [-0.2, 0) is 43.7 Å². The van der Waals surface area contributed by atoms with Crippen LogP contribution < -0.4 is 5.32 Å². The molecule has 0 saturated heterocycles. The van der Waals surface area contributed by atoms with Gasteiger partial charge in [-0.3, -0.25) is 52.8 Å². The van der Waals surface area contributed by atoms with Gasteiger partial charge in [-0.25, -0.2) is 0 Å². The zero-order valence-corrected chi connectivity index (χ0v) is 20.8. The Labute approximate surface area is 213 Å². The SMILES string of the molecule is O=C(CCCN1C(=O)C=CC1=O)CN(CC(=O)CCCN1C(=O)C=CC1=O)CC(=O)NCCS(=O)(=O)O. The van der Waals surface area contributed by atoms with Crippen molar-refractivity contribution in [3.8, 4) is 0 Å². The van der Waals surface area contributed by atoms with Crippen molar-refractivity contribution in [2.24, 2.45) is 0 Å². The number of hydrogen-bond donors (Lipinski definition) is 2. The highest BCUT2D eigenvalue weighted by Crippen LogP contribution is 2.08. The van der Waals surface area contributed by atoms with Gasteiger partial charge in [0.25, 0.3) is 33.7 Å². The van der Waals surface area contributed by atoms with Crippen LogP contribution in [0, 0.1) is 0 Å². The van der Waals surface area contributed by atoms with Crippen molar-refractivity contribution in [3.05, 3.63) is 24.3 Å². The summed E-state index contributed by atoms with van der Waals surface area (Å²) in [6.45, 7) is -1.31. The summed E-state index contributed by atoms with van der Waals surface area (Å²) >= 11 is 0. The normalized spacial score (nSPS) is 15.4. The van der Waals surface area contributed by atoms with Crippen LogP contribution in [0.2, 0.25) is 0 Å². The third-order valence-electron chi connectivity index (χ3n) is 5.33. The lowest BCUT2D eigenvalue weighted by Gasteiger charge is -2.21. The summed E-state index contributed by atoms with van der Waals surface area (Å²) in [7, 11) is -4.29. The molecule has 37 heavy (non-hydrogen) atoms. The Kier molecular flexibility index (Phi) is 11.0. The molecule has 14 nitrogen and oxygen atoms in total. The molecule has 0 saturated carbocycles. The highest BCUT2D eigenvalue weighted by molar-refractivity contribution is 7.85. The van der Waals surface area contributed by atoms with Gasteiger partial charge in [-0.15, -0.1) is 0 Å². The first kappa shape index (κ1) is 29.7. The smallest absolute Gasteiger partial charge is 0.266 e. The molecule has 5 amide bonds. The number of hydrogen-bond acceptors (Lipinski definition) is 10. The minimum absolute atomic E-state index is 0.0295. The number of ketones is 2. The quantitative estimate of drug-likeness (QED) is 0.151. The molecule has 0 aromatic heterocycles. The zero-order valence-electron chi connectivity index (χ0n) is 20.0. The second-order valence-electron chi connectivity index (χ2n) is 8.39. The molecule has 15 heteroatoms. The lowest BCUT2D eigenvalue weighted by atomic mass is 10.1. The van der Waals surface area contributed by atoms with Crippen molar-refractivity contribution in [1.29, 1.82) is 0 Å². The number of imide groups is 2. The van der Waals surface area contributed by atoms with Gasteiger partial charge in [0, 0.05) is 56.8 Å². The highest BCUT2D eigenvalue weighted by atomic mass is 32.2. The maximum atomic E-state index is 12.5. The molecule has 0 unspecified atom stereocenters. The highest BCUT2D eigenvalue weighted by Gasteiger charge is 2.25. The Bertz CT molecular complexity index is 1030. The lowest BCUT2D eigenvalue weighted by molar-refractivity contribution is -0.138. The van der Waals surface area contributed by atoms with Gasteiger partial charge in [-0.2, -0.15) is 8.42 Å². The van der Waals surface area contributed by atoms with Gasteiger partial charge < -0.3 is 5.32 Å². The molecule has 0 spiro atoms. The molecule has 0 aliphatic carbocycles. The topological polar surface area (TPSA) is 196 Å². The van der Waals surface area contributed by atoms with Crippen LogP contribution in [0.15, 0.2) is 24.3 Å². The van der Waals surface area contributed by atoms with Gasteiger partial charge in [0.2, 0.25) is 5.91 Å². The van der Waals surface area contributed by atoms with Crippen molar-refractivity contribution < 1.29 is 46.5 Å². The van der Waals surface area contributed by atoms with Crippen molar-refractivity contribution in [3.63, 3.8) is 0 Å². The molecule has 2 aliphatic heterocycles. The number of amides is 5. The van der Waals surface area contributed by atoms with Gasteiger partial charge in [0.05, 0.1) is 25.4 Å². The zero-order chi connectivity index (χ0) is 27.6. The van der Waals surface area contributed by atoms with E-state index in [1.807, 2.05) is 0 Å². The first-order chi connectivity index (χ1) is 17.4. The monoisotopic (exact) mass is 540 g/mol. The third kappa shape index (κ3) is 10.5. The third-order valence-corrected chi connectivity index (χ3v) is 6.05. The number of carbonyl (C=O) groups excluding carboxylic acids is 7. The molecule has 0 aromatic rings. The summed E-state index contributed by atoms with van der Waals surface area (Å²) in [6, 6.07) is 0. The number of nitrogens with zero attached hydrogens (tertiary/aromatic N) is 3. The molecule has 202 valence electrons. The summed E-state index contributed by atoms with van der Waals surface area (Å²) in [5.41, 5.74) is 0. The molecular weight excluding hydrogens is 512 g/mol. The maximum Gasteiger partial charge on any atom is 0.266 e. The van der Waals surface area contributed by atoms with Crippen LogP contribution in [0.3, 0.4) is 0 Å². The van der Waals surface area contributed by atoms with Crippen LogP contribution in [0.25, 0.3) is 0 Å². The van der Waals surface area contributed by atoms with Gasteiger partial charge in [0.15, 0.2) is 0 Å². The van der Waals surface area contributed by atoms with Crippen LogP contribution in [0.1, 0.15) is 25.7 Å². The Morgan fingerprint density at radius 1 is 0.757 bits per heavy atom. The largest absolute Gasteiger partial charge is 0.354 e. The van der Waals surface area contributed by atoms with E-state index in [4.69, 9.17) is 4.55 Å². The van der Waals surface area contributed by atoms with E-state index in [-0.39, 0.29) is 70.0 Å². The van der Waals surface area contributed by atoms with Gasteiger partial charge in [0.1, 0.15) is 11.6 Å². The second-order valence-corrected chi connectivity index (χ2v) is 9.96.